The summed E-state index contributed by atoms with van der Waals surface area (Å²) in [6.07, 6.45) is 5.39. The highest BCUT2D eigenvalue weighted by molar-refractivity contribution is 5.90. The fraction of sp³-hybridized carbons (Fsp3) is 0.459. The Balaban J connectivity index is 1.28. The van der Waals surface area contributed by atoms with E-state index in [1.807, 2.05) is 67.6 Å². The first kappa shape index (κ1) is 33.3. The van der Waals surface area contributed by atoms with Crippen LogP contribution in [0.3, 0.4) is 0 Å². The third-order valence-electron chi connectivity index (χ3n) is 8.96. The van der Waals surface area contributed by atoms with Crippen molar-refractivity contribution in [1.82, 2.24) is 15.1 Å². The smallest absolute Gasteiger partial charge is 0.319 e. The lowest BCUT2D eigenvalue weighted by atomic mass is 9.96. The number of amides is 3. The molecule has 1 fully saturated rings. The number of aliphatic hydroxyl groups is 1. The maximum Gasteiger partial charge on any atom is 0.319 e. The quantitative estimate of drug-likeness (QED) is 0.247. The van der Waals surface area contributed by atoms with Gasteiger partial charge in [-0.2, -0.15) is 0 Å². The monoisotopic (exact) mass is 628 g/mol. The second kappa shape index (κ2) is 16.0. The van der Waals surface area contributed by atoms with Crippen LogP contribution < -0.4 is 20.1 Å². The van der Waals surface area contributed by atoms with E-state index in [9.17, 15) is 14.7 Å². The van der Waals surface area contributed by atoms with Crippen LogP contribution in [0.15, 0.2) is 72.8 Å². The fourth-order valence-corrected chi connectivity index (χ4v) is 6.30. The number of nitrogens with zero attached hydrogens (tertiary/aromatic N) is 2. The van der Waals surface area contributed by atoms with Crippen LogP contribution in [0, 0.1) is 5.92 Å². The lowest BCUT2D eigenvalue weighted by Crippen LogP contribution is -2.47. The molecular weight excluding hydrogens is 580 g/mol. The second-order valence-corrected chi connectivity index (χ2v) is 12.9. The summed E-state index contributed by atoms with van der Waals surface area (Å²) in [5.41, 5.74) is 2.48. The molecule has 0 bridgehead atoms. The highest BCUT2D eigenvalue weighted by Crippen LogP contribution is 2.30. The van der Waals surface area contributed by atoms with E-state index in [0.717, 1.165) is 42.7 Å². The van der Waals surface area contributed by atoms with Gasteiger partial charge in [0.25, 0.3) is 0 Å². The minimum atomic E-state index is -0.325. The van der Waals surface area contributed by atoms with Crippen LogP contribution >= 0.6 is 0 Å². The van der Waals surface area contributed by atoms with E-state index >= 15 is 0 Å². The number of nitrogens with one attached hydrogen (secondary N) is 2. The molecular formula is C37H48N4O5. The molecule has 0 spiro atoms. The van der Waals surface area contributed by atoms with Gasteiger partial charge < -0.3 is 30.1 Å². The first-order valence-corrected chi connectivity index (χ1v) is 16.5. The Morgan fingerprint density at radius 2 is 1.76 bits per heavy atom. The Kier molecular flexibility index (Phi) is 11.5. The predicted octanol–water partition coefficient (Wildman–Crippen LogP) is 6.21. The van der Waals surface area contributed by atoms with E-state index in [0.29, 0.717) is 36.6 Å². The SMILES string of the molecule is C[C@@H]1CN([C@H](C)CO)C(=O)Cc2cc(NC(=O)NC3CCCCC3)ccc2O[C@H]1CN(C)Cc1ccc(Oc2ccccc2)cc1. The summed E-state index contributed by atoms with van der Waals surface area (Å²) in [5.74, 6) is 2.14. The number of carbonyl (C=O) groups is 2. The van der Waals surface area contributed by atoms with Gasteiger partial charge in [0, 0.05) is 42.8 Å². The number of urea groups is 1. The van der Waals surface area contributed by atoms with Crippen molar-refractivity contribution < 1.29 is 24.2 Å². The topological polar surface area (TPSA) is 103 Å². The molecule has 1 aliphatic heterocycles. The largest absolute Gasteiger partial charge is 0.488 e. The number of aliphatic hydroxyl groups excluding tert-OH is 1. The highest BCUT2D eigenvalue weighted by Gasteiger charge is 2.31. The number of likely N-dealkylation sites (N-methyl/N-ethyl adjacent to an activating group) is 1. The number of carbonyl (C=O) groups excluding carboxylic acids is 2. The van der Waals surface area contributed by atoms with Gasteiger partial charge >= 0.3 is 6.03 Å². The maximum atomic E-state index is 13.6. The summed E-state index contributed by atoms with van der Waals surface area (Å²) >= 11 is 0. The van der Waals surface area contributed by atoms with Gasteiger partial charge in [-0.25, -0.2) is 4.79 Å². The lowest BCUT2D eigenvalue weighted by Gasteiger charge is -2.34. The minimum Gasteiger partial charge on any atom is -0.488 e. The van der Waals surface area contributed by atoms with Crippen molar-refractivity contribution in [2.45, 2.75) is 77.1 Å². The Bertz CT molecular complexity index is 1430. The molecule has 3 atom stereocenters. The summed E-state index contributed by atoms with van der Waals surface area (Å²) in [6.45, 7) is 5.64. The zero-order chi connectivity index (χ0) is 32.5. The van der Waals surface area contributed by atoms with Gasteiger partial charge in [-0.15, -0.1) is 0 Å². The number of rotatable bonds is 10. The van der Waals surface area contributed by atoms with E-state index in [2.05, 4.69) is 41.6 Å². The predicted molar refractivity (Wildman–Crippen MR) is 180 cm³/mol. The van der Waals surface area contributed by atoms with Crippen LogP contribution in [-0.4, -0.2) is 71.8 Å². The third kappa shape index (κ3) is 9.23. The van der Waals surface area contributed by atoms with E-state index in [-0.39, 0.29) is 49.1 Å². The van der Waals surface area contributed by atoms with Gasteiger partial charge in [0.1, 0.15) is 23.4 Å². The normalized spacial score (nSPS) is 19.7. The number of ether oxygens (including phenoxy) is 2. The number of hydrogen-bond donors (Lipinski definition) is 3. The highest BCUT2D eigenvalue weighted by atomic mass is 16.5. The Morgan fingerprint density at radius 1 is 1.04 bits per heavy atom. The molecule has 3 aromatic carbocycles. The molecule has 3 aromatic rings. The van der Waals surface area contributed by atoms with Crippen LogP contribution in [0.1, 0.15) is 57.1 Å². The molecule has 0 aromatic heterocycles. The maximum absolute atomic E-state index is 13.6. The van der Waals surface area contributed by atoms with Gasteiger partial charge in [-0.05, 0) is 74.8 Å². The van der Waals surface area contributed by atoms with Crippen molar-refractivity contribution in [2.75, 3.05) is 32.1 Å². The van der Waals surface area contributed by atoms with Crippen molar-refractivity contribution in [3.8, 4) is 17.2 Å². The van der Waals surface area contributed by atoms with Crippen molar-refractivity contribution in [3.63, 3.8) is 0 Å². The number of hydrogen-bond acceptors (Lipinski definition) is 6. The zero-order valence-corrected chi connectivity index (χ0v) is 27.3. The molecule has 1 saturated carbocycles. The van der Waals surface area contributed by atoms with Gasteiger partial charge in [0.15, 0.2) is 0 Å². The van der Waals surface area contributed by atoms with Crippen LogP contribution in [0.5, 0.6) is 17.2 Å². The molecule has 246 valence electrons. The third-order valence-corrected chi connectivity index (χ3v) is 8.96. The van der Waals surface area contributed by atoms with Crippen molar-refractivity contribution in [1.29, 1.82) is 0 Å². The van der Waals surface area contributed by atoms with Crippen LogP contribution in [-0.2, 0) is 17.8 Å². The van der Waals surface area contributed by atoms with E-state index < -0.39 is 0 Å². The molecule has 3 amide bonds. The molecule has 9 nitrogen and oxygen atoms in total. The number of benzene rings is 3. The standard InChI is InChI=1S/C37H48N4O5/c1-26-22-41(27(2)25-42)36(43)21-29-20-31(39-37(44)38-30-10-6-4-7-11-30)16-19-34(29)46-35(26)24-40(3)23-28-14-17-33(18-15-28)45-32-12-8-5-9-13-32/h5,8-9,12-20,26-27,30,35,42H,4,6-7,10-11,21-25H2,1-3H3,(H2,38,39,44)/t26-,27-,35+/m1/s1. The van der Waals surface area contributed by atoms with Gasteiger partial charge in [0.05, 0.1) is 19.1 Å². The zero-order valence-electron chi connectivity index (χ0n) is 27.3. The molecule has 5 rings (SSSR count). The van der Waals surface area contributed by atoms with Crippen molar-refractivity contribution >= 4 is 17.6 Å². The molecule has 9 heteroatoms. The first-order chi connectivity index (χ1) is 22.3. The first-order valence-electron chi connectivity index (χ1n) is 16.5. The van der Waals surface area contributed by atoms with E-state index in [1.54, 1.807) is 4.90 Å². The lowest BCUT2D eigenvalue weighted by molar-refractivity contribution is -0.134. The van der Waals surface area contributed by atoms with Crippen LogP contribution in [0.25, 0.3) is 0 Å². The Labute approximate surface area is 272 Å². The average molecular weight is 629 g/mol. The number of fused-ring (bicyclic) bond motifs is 1. The fourth-order valence-electron chi connectivity index (χ4n) is 6.30. The van der Waals surface area contributed by atoms with Gasteiger partial charge in [0.2, 0.25) is 5.91 Å². The average Bonchev–Trinajstić information content (AvgIpc) is 3.09. The minimum absolute atomic E-state index is 0.00734. The molecule has 3 N–H and O–H groups in total. The van der Waals surface area contributed by atoms with Crippen molar-refractivity contribution in [3.05, 3.63) is 83.9 Å². The summed E-state index contributed by atoms with van der Waals surface area (Å²) in [4.78, 5) is 30.3. The molecule has 1 aliphatic carbocycles. The van der Waals surface area contributed by atoms with Crippen LogP contribution in [0.2, 0.25) is 0 Å². The number of anilines is 1. The molecule has 0 saturated heterocycles. The number of para-hydroxylation sites is 1. The summed E-state index contributed by atoms with van der Waals surface area (Å²) < 4.78 is 12.6. The molecule has 46 heavy (non-hydrogen) atoms. The molecule has 0 unspecified atom stereocenters. The summed E-state index contributed by atoms with van der Waals surface area (Å²) in [6, 6.07) is 23.0. The van der Waals surface area contributed by atoms with E-state index in [1.165, 1.54) is 6.42 Å². The van der Waals surface area contributed by atoms with Gasteiger partial charge in [-0.3, -0.25) is 9.69 Å². The Hall–Kier alpha value is -4.08. The molecule has 2 aliphatic rings. The van der Waals surface area contributed by atoms with Crippen molar-refractivity contribution in [2.24, 2.45) is 5.92 Å². The summed E-state index contributed by atoms with van der Waals surface area (Å²) in [7, 11) is 2.06. The van der Waals surface area contributed by atoms with E-state index in [4.69, 9.17) is 9.47 Å². The molecule has 1 heterocycles. The second-order valence-electron chi connectivity index (χ2n) is 12.9. The molecule has 0 radical (unpaired) electrons. The van der Waals surface area contributed by atoms with Gasteiger partial charge in [-0.1, -0.05) is 56.5 Å². The van der Waals surface area contributed by atoms with Crippen LogP contribution in [0.4, 0.5) is 10.5 Å². The summed E-state index contributed by atoms with van der Waals surface area (Å²) in [5, 5.41) is 16.0. The Morgan fingerprint density at radius 3 is 2.48 bits per heavy atom.